The van der Waals surface area contributed by atoms with Gasteiger partial charge in [0.25, 0.3) is 0 Å². The molecule has 7 heteroatoms. The molecule has 0 radical (unpaired) electrons. The van der Waals surface area contributed by atoms with Crippen molar-refractivity contribution in [2.24, 2.45) is 0 Å². The number of thioether (sulfide) groups is 1. The van der Waals surface area contributed by atoms with E-state index in [1.54, 1.807) is 7.11 Å². The van der Waals surface area contributed by atoms with E-state index in [-0.39, 0.29) is 18.0 Å². The molecule has 1 amide bonds. The summed E-state index contributed by atoms with van der Waals surface area (Å²) in [7, 11) is 1.68. The number of amides is 1. The number of nitrogens with one attached hydrogen (secondary N) is 2. The minimum absolute atomic E-state index is 0.0909. The first kappa shape index (κ1) is 17.4. The Kier molecular flexibility index (Phi) is 5.17. The highest BCUT2D eigenvalue weighted by Gasteiger charge is 2.29. The predicted molar refractivity (Wildman–Crippen MR) is 103 cm³/mol. The zero-order valence-electron chi connectivity index (χ0n) is 14.9. The lowest BCUT2D eigenvalue weighted by Gasteiger charge is -2.26. The van der Waals surface area contributed by atoms with Crippen LogP contribution in [0.25, 0.3) is 11.3 Å². The van der Waals surface area contributed by atoms with Crippen LogP contribution in [0.1, 0.15) is 24.7 Å². The molecular formula is C19H24N4O2S. The molecule has 26 heavy (non-hydrogen) atoms. The van der Waals surface area contributed by atoms with E-state index in [0.29, 0.717) is 6.54 Å². The molecule has 2 aliphatic rings. The van der Waals surface area contributed by atoms with Crippen molar-refractivity contribution in [3.63, 3.8) is 0 Å². The van der Waals surface area contributed by atoms with Crippen LogP contribution in [0, 0.1) is 0 Å². The van der Waals surface area contributed by atoms with Crippen molar-refractivity contribution in [1.29, 1.82) is 0 Å². The number of carbonyl (C=O) groups excluding carboxylic acids is 1. The van der Waals surface area contributed by atoms with Crippen LogP contribution in [0.4, 0.5) is 0 Å². The number of benzene rings is 1. The van der Waals surface area contributed by atoms with E-state index in [2.05, 4.69) is 21.4 Å². The maximum absolute atomic E-state index is 12.4. The highest BCUT2D eigenvalue weighted by Crippen LogP contribution is 2.32. The lowest BCUT2D eigenvalue weighted by atomic mass is 10.1. The summed E-state index contributed by atoms with van der Waals surface area (Å²) >= 11 is 1.85. The third-order valence-electron chi connectivity index (χ3n) is 4.94. The van der Waals surface area contributed by atoms with Gasteiger partial charge in [-0.3, -0.25) is 10.1 Å². The molecule has 6 nitrogen and oxygen atoms in total. The van der Waals surface area contributed by atoms with Crippen LogP contribution in [0.15, 0.2) is 30.5 Å². The standard InChI is InChI=1S/C19H24N4O2S/c1-25-17-7-3-2-5-13(17)15-11-23-9-8-20-19(24)16-12-26-10-4-6-14(21-16)18(23)22-15/h2-3,5,7,11,14,16,21H,4,6,8-10,12H2,1H3,(H,20,24). The topological polar surface area (TPSA) is 68.2 Å². The van der Waals surface area contributed by atoms with Gasteiger partial charge < -0.3 is 14.6 Å². The third-order valence-corrected chi connectivity index (χ3v) is 6.09. The van der Waals surface area contributed by atoms with E-state index in [1.807, 2.05) is 36.0 Å². The zero-order valence-corrected chi connectivity index (χ0v) is 15.7. The molecule has 0 spiro atoms. The molecule has 1 aromatic carbocycles. The Morgan fingerprint density at radius 1 is 1.31 bits per heavy atom. The number of ether oxygens (including phenoxy) is 1. The average Bonchev–Trinajstić information content (AvgIpc) is 3.06. The largest absolute Gasteiger partial charge is 0.496 e. The maximum atomic E-state index is 12.4. The van der Waals surface area contributed by atoms with Crippen LogP contribution in [0.3, 0.4) is 0 Å². The molecule has 2 aromatic rings. The lowest BCUT2D eigenvalue weighted by Crippen LogP contribution is -2.47. The van der Waals surface area contributed by atoms with E-state index in [4.69, 9.17) is 9.72 Å². The average molecular weight is 372 g/mol. The van der Waals surface area contributed by atoms with Gasteiger partial charge in [0.1, 0.15) is 11.6 Å². The first-order valence-corrected chi connectivity index (χ1v) is 10.2. The summed E-state index contributed by atoms with van der Waals surface area (Å²) in [5.74, 6) is 3.83. The molecule has 0 saturated carbocycles. The third kappa shape index (κ3) is 3.46. The van der Waals surface area contributed by atoms with Crippen LogP contribution in [0.2, 0.25) is 0 Å². The van der Waals surface area contributed by atoms with Crippen molar-refractivity contribution >= 4 is 17.7 Å². The van der Waals surface area contributed by atoms with E-state index >= 15 is 0 Å². The summed E-state index contributed by atoms with van der Waals surface area (Å²) in [5.41, 5.74) is 1.91. The highest BCUT2D eigenvalue weighted by atomic mass is 32.2. The summed E-state index contributed by atoms with van der Waals surface area (Å²) in [6, 6.07) is 7.89. The number of hydrogen-bond donors (Lipinski definition) is 2. The highest BCUT2D eigenvalue weighted by molar-refractivity contribution is 7.99. The molecule has 1 saturated heterocycles. The quantitative estimate of drug-likeness (QED) is 0.846. The van der Waals surface area contributed by atoms with Crippen LogP contribution in [0.5, 0.6) is 5.75 Å². The van der Waals surface area contributed by atoms with Crippen molar-refractivity contribution in [2.75, 3.05) is 25.2 Å². The fourth-order valence-corrected chi connectivity index (χ4v) is 4.64. The normalized spacial score (nSPS) is 23.5. The Hall–Kier alpha value is -1.99. The van der Waals surface area contributed by atoms with E-state index in [9.17, 15) is 4.79 Å². The Morgan fingerprint density at radius 2 is 2.19 bits per heavy atom. The fourth-order valence-electron chi connectivity index (χ4n) is 3.62. The molecular weight excluding hydrogens is 348 g/mol. The first-order chi connectivity index (χ1) is 12.8. The van der Waals surface area contributed by atoms with Crippen molar-refractivity contribution in [3.8, 4) is 17.0 Å². The molecule has 0 aliphatic carbocycles. The fraction of sp³-hybridized carbons (Fsp3) is 0.474. The smallest absolute Gasteiger partial charge is 0.238 e. The molecule has 2 atom stereocenters. The Labute approximate surface area is 157 Å². The number of imidazole rings is 1. The second-order valence-corrected chi connectivity index (χ2v) is 7.81. The number of fused-ring (bicyclic) bond motifs is 4. The second-order valence-electron chi connectivity index (χ2n) is 6.66. The summed E-state index contributed by atoms with van der Waals surface area (Å²) in [5, 5.41) is 6.60. The number of nitrogens with zero attached hydrogens (tertiary/aromatic N) is 2. The van der Waals surface area contributed by atoms with Gasteiger partial charge in [0.2, 0.25) is 5.91 Å². The van der Waals surface area contributed by atoms with Crippen LogP contribution in [-0.4, -0.2) is 46.7 Å². The van der Waals surface area contributed by atoms with Gasteiger partial charge in [-0.05, 0) is 30.7 Å². The van der Waals surface area contributed by atoms with Crippen molar-refractivity contribution in [1.82, 2.24) is 20.2 Å². The van der Waals surface area contributed by atoms with Gasteiger partial charge in [-0.15, -0.1) is 0 Å². The summed E-state index contributed by atoms with van der Waals surface area (Å²) in [6.45, 7) is 1.34. The van der Waals surface area contributed by atoms with Crippen LogP contribution in [-0.2, 0) is 11.3 Å². The predicted octanol–water partition coefficient (Wildman–Crippen LogP) is 2.21. The van der Waals surface area contributed by atoms with Crippen molar-refractivity contribution in [3.05, 3.63) is 36.3 Å². The Bertz CT molecular complexity index is 792. The maximum Gasteiger partial charge on any atom is 0.238 e. The molecule has 3 heterocycles. The SMILES string of the molecule is COc1ccccc1-c1cn2c(n1)C1CCCSCC(N1)C(=O)NCC2. The van der Waals surface area contributed by atoms with Gasteiger partial charge in [0.05, 0.1) is 24.9 Å². The van der Waals surface area contributed by atoms with Gasteiger partial charge >= 0.3 is 0 Å². The number of aromatic nitrogens is 2. The Balaban J connectivity index is 1.73. The monoisotopic (exact) mass is 372 g/mol. The molecule has 2 unspecified atom stereocenters. The van der Waals surface area contributed by atoms with Crippen molar-refractivity contribution < 1.29 is 9.53 Å². The summed E-state index contributed by atoms with van der Waals surface area (Å²) in [4.78, 5) is 17.4. The van der Waals surface area contributed by atoms with Gasteiger partial charge in [0, 0.05) is 30.6 Å². The van der Waals surface area contributed by atoms with E-state index < -0.39 is 0 Å². The number of para-hydroxylation sites is 1. The number of carbonyl (C=O) groups is 1. The molecule has 2 bridgehead atoms. The number of rotatable bonds is 2. The molecule has 2 N–H and O–H groups in total. The number of methoxy groups -OCH3 is 1. The van der Waals surface area contributed by atoms with Gasteiger partial charge in [-0.2, -0.15) is 11.8 Å². The van der Waals surface area contributed by atoms with Crippen LogP contribution >= 0.6 is 11.8 Å². The van der Waals surface area contributed by atoms with Crippen LogP contribution < -0.4 is 15.4 Å². The molecule has 1 fully saturated rings. The molecule has 4 rings (SSSR count). The second kappa shape index (κ2) is 7.72. The van der Waals surface area contributed by atoms with Crippen molar-refractivity contribution in [2.45, 2.75) is 31.5 Å². The summed E-state index contributed by atoms with van der Waals surface area (Å²) in [6.07, 6.45) is 4.18. The van der Waals surface area contributed by atoms with Gasteiger partial charge in [-0.1, -0.05) is 12.1 Å². The van der Waals surface area contributed by atoms with E-state index in [1.165, 1.54) is 0 Å². The minimum Gasteiger partial charge on any atom is -0.496 e. The van der Waals surface area contributed by atoms with Gasteiger partial charge in [-0.25, -0.2) is 4.98 Å². The Morgan fingerprint density at radius 3 is 3.08 bits per heavy atom. The first-order valence-electron chi connectivity index (χ1n) is 9.08. The molecule has 138 valence electrons. The van der Waals surface area contributed by atoms with Gasteiger partial charge in [0.15, 0.2) is 0 Å². The lowest BCUT2D eigenvalue weighted by molar-refractivity contribution is -0.122. The zero-order chi connectivity index (χ0) is 17.9. The summed E-state index contributed by atoms with van der Waals surface area (Å²) < 4.78 is 7.69. The minimum atomic E-state index is -0.164. The molecule has 2 aliphatic heterocycles. The molecule has 1 aromatic heterocycles. The number of hydrogen-bond acceptors (Lipinski definition) is 5. The van der Waals surface area contributed by atoms with E-state index in [0.717, 1.165) is 53.7 Å².